The van der Waals surface area contributed by atoms with Gasteiger partial charge in [-0.3, -0.25) is 14.4 Å². The predicted molar refractivity (Wildman–Crippen MR) is 131 cm³/mol. The van der Waals surface area contributed by atoms with Gasteiger partial charge in [0.25, 0.3) is 0 Å². The van der Waals surface area contributed by atoms with Gasteiger partial charge < -0.3 is 20.1 Å². The van der Waals surface area contributed by atoms with E-state index in [1.165, 1.54) is 0 Å². The fourth-order valence-electron chi connectivity index (χ4n) is 4.68. The number of benzene rings is 2. The molecule has 184 valence electrons. The number of amides is 2. The van der Waals surface area contributed by atoms with Gasteiger partial charge in [0, 0.05) is 19.4 Å². The van der Waals surface area contributed by atoms with Crippen LogP contribution >= 0.6 is 0 Å². The van der Waals surface area contributed by atoms with E-state index in [2.05, 4.69) is 5.32 Å². The lowest BCUT2D eigenvalue weighted by molar-refractivity contribution is -0.145. The van der Waals surface area contributed by atoms with E-state index in [-0.39, 0.29) is 49.9 Å². The van der Waals surface area contributed by atoms with Crippen molar-refractivity contribution in [3.63, 3.8) is 0 Å². The second-order valence-corrected chi connectivity index (χ2v) is 9.13. The number of aliphatic hydroxyl groups is 1. The van der Waals surface area contributed by atoms with E-state index in [9.17, 15) is 19.5 Å². The minimum Gasteiger partial charge on any atom is -0.463 e. The molecule has 0 saturated carbocycles. The number of fused-ring (bicyclic) bond motifs is 1. The lowest BCUT2D eigenvalue weighted by atomic mass is 9.92. The van der Waals surface area contributed by atoms with Crippen LogP contribution in [0.3, 0.4) is 0 Å². The Morgan fingerprint density at radius 2 is 1.77 bits per heavy atom. The van der Waals surface area contributed by atoms with Gasteiger partial charge in [-0.2, -0.15) is 0 Å². The van der Waals surface area contributed by atoms with Crippen LogP contribution in [0.4, 0.5) is 0 Å². The summed E-state index contributed by atoms with van der Waals surface area (Å²) in [5.41, 5.74) is 3.04. The van der Waals surface area contributed by atoms with E-state index in [4.69, 9.17) is 4.74 Å². The average Bonchev–Trinajstić information content (AvgIpc) is 2.88. The Balaban J connectivity index is 1.52. The van der Waals surface area contributed by atoms with E-state index in [1.54, 1.807) is 4.90 Å². The van der Waals surface area contributed by atoms with Crippen molar-refractivity contribution in [3.05, 3.63) is 83.4 Å². The zero-order chi connectivity index (χ0) is 24.6. The number of carbonyl (C=O) groups excluding carboxylic acids is 3. The van der Waals surface area contributed by atoms with Crippen LogP contribution in [0.5, 0.6) is 0 Å². The van der Waals surface area contributed by atoms with Gasteiger partial charge >= 0.3 is 5.97 Å². The van der Waals surface area contributed by atoms with Gasteiger partial charge in [-0.05, 0) is 36.0 Å². The standard InChI is InChI=1S/C28H32N2O5/c31-18-24-15-21-11-7-8-13-23(21)17-30(24)26(32)16-22-12-5-2-6-14-27(33)35-19-25(29-28(22)34)20-9-3-1-4-10-20/h1-5,7-11,13,22,24-25,31H,6,12,14-19H2,(H,29,34). The molecule has 2 aromatic carbocycles. The molecule has 0 radical (unpaired) electrons. The number of cyclic esters (lactones) is 1. The van der Waals surface area contributed by atoms with Gasteiger partial charge in [-0.15, -0.1) is 0 Å². The summed E-state index contributed by atoms with van der Waals surface area (Å²) in [6.07, 6.45) is 5.53. The predicted octanol–water partition coefficient (Wildman–Crippen LogP) is 3.08. The molecule has 2 N–H and O–H groups in total. The fourth-order valence-corrected chi connectivity index (χ4v) is 4.68. The maximum atomic E-state index is 13.4. The molecule has 3 atom stereocenters. The van der Waals surface area contributed by atoms with Gasteiger partial charge in [0.15, 0.2) is 0 Å². The summed E-state index contributed by atoms with van der Waals surface area (Å²) in [7, 11) is 0. The van der Waals surface area contributed by atoms with Crippen molar-refractivity contribution in [2.75, 3.05) is 13.2 Å². The second kappa shape index (κ2) is 11.8. The molecule has 7 nitrogen and oxygen atoms in total. The van der Waals surface area contributed by atoms with E-state index in [0.29, 0.717) is 25.8 Å². The van der Waals surface area contributed by atoms with E-state index < -0.39 is 12.0 Å². The highest BCUT2D eigenvalue weighted by atomic mass is 16.5. The maximum Gasteiger partial charge on any atom is 0.306 e. The summed E-state index contributed by atoms with van der Waals surface area (Å²) >= 11 is 0. The summed E-state index contributed by atoms with van der Waals surface area (Å²) < 4.78 is 5.41. The van der Waals surface area contributed by atoms with Crippen LogP contribution in [0.2, 0.25) is 0 Å². The minimum atomic E-state index is -0.573. The highest BCUT2D eigenvalue weighted by molar-refractivity contribution is 5.86. The molecule has 4 rings (SSSR count). The summed E-state index contributed by atoms with van der Waals surface area (Å²) in [5, 5.41) is 13.0. The Labute approximate surface area is 205 Å². The number of aliphatic hydroxyl groups excluding tert-OH is 1. The monoisotopic (exact) mass is 476 g/mol. The third-order valence-corrected chi connectivity index (χ3v) is 6.71. The number of ether oxygens (including phenoxy) is 1. The van der Waals surface area contributed by atoms with Crippen molar-refractivity contribution in [2.45, 2.75) is 50.7 Å². The zero-order valence-corrected chi connectivity index (χ0v) is 19.8. The largest absolute Gasteiger partial charge is 0.463 e. The topological polar surface area (TPSA) is 95.9 Å². The molecule has 0 saturated heterocycles. The third-order valence-electron chi connectivity index (χ3n) is 6.71. The first-order valence-electron chi connectivity index (χ1n) is 12.2. The maximum absolute atomic E-state index is 13.4. The molecule has 0 fully saturated rings. The smallest absolute Gasteiger partial charge is 0.306 e. The van der Waals surface area contributed by atoms with Crippen LogP contribution in [0, 0.1) is 5.92 Å². The molecule has 0 aliphatic carbocycles. The van der Waals surface area contributed by atoms with E-state index >= 15 is 0 Å². The normalized spacial score (nSPS) is 23.3. The van der Waals surface area contributed by atoms with Gasteiger partial charge in [0.2, 0.25) is 11.8 Å². The minimum absolute atomic E-state index is 0.0362. The number of hydrogen-bond donors (Lipinski definition) is 2. The molecule has 0 aromatic heterocycles. The molecule has 2 heterocycles. The summed E-state index contributed by atoms with van der Waals surface area (Å²) in [5.74, 6) is -1.29. The Morgan fingerprint density at radius 1 is 1.03 bits per heavy atom. The first kappa shape index (κ1) is 24.7. The Bertz CT molecular complexity index is 1070. The molecule has 0 bridgehead atoms. The van der Waals surface area contributed by atoms with Gasteiger partial charge in [-0.1, -0.05) is 66.7 Å². The van der Waals surface area contributed by atoms with Gasteiger partial charge in [-0.25, -0.2) is 0 Å². The van der Waals surface area contributed by atoms with Crippen molar-refractivity contribution < 1.29 is 24.2 Å². The Kier molecular flexibility index (Phi) is 8.32. The number of nitrogens with one attached hydrogen (secondary N) is 1. The lowest BCUT2D eigenvalue weighted by Crippen LogP contribution is -2.47. The Hall–Kier alpha value is -3.45. The number of carbonyl (C=O) groups is 3. The number of hydrogen-bond acceptors (Lipinski definition) is 5. The van der Waals surface area contributed by atoms with Crippen LogP contribution in [-0.4, -0.2) is 47.0 Å². The quantitative estimate of drug-likeness (QED) is 0.522. The molecule has 2 aliphatic heterocycles. The second-order valence-electron chi connectivity index (χ2n) is 9.13. The molecule has 3 unspecified atom stereocenters. The lowest BCUT2D eigenvalue weighted by Gasteiger charge is -2.36. The highest BCUT2D eigenvalue weighted by Gasteiger charge is 2.32. The highest BCUT2D eigenvalue weighted by Crippen LogP contribution is 2.26. The van der Waals surface area contributed by atoms with Crippen LogP contribution < -0.4 is 5.32 Å². The van der Waals surface area contributed by atoms with Crippen molar-refractivity contribution >= 4 is 17.8 Å². The molecule has 0 spiro atoms. The first-order chi connectivity index (χ1) is 17.0. The SMILES string of the molecule is O=C1CCC=CCC(CC(=O)N2Cc3ccccc3CC2CO)C(=O)NC(c2ccccc2)CO1. The van der Waals surface area contributed by atoms with Crippen LogP contribution in [0.1, 0.15) is 48.4 Å². The molecular weight excluding hydrogens is 444 g/mol. The third kappa shape index (κ3) is 6.36. The number of allylic oxidation sites excluding steroid dienone is 2. The van der Waals surface area contributed by atoms with Crippen LogP contribution in [-0.2, 0) is 32.1 Å². The van der Waals surface area contributed by atoms with Crippen molar-refractivity contribution in [1.82, 2.24) is 10.2 Å². The molecule has 7 heteroatoms. The summed E-state index contributed by atoms with van der Waals surface area (Å²) in [4.78, 5) is 40.5. The van der Waals surface area contributed by atoms with Crippen molar-refractivity contribution in [1.29, 1.82) is 0 Å². The molecular formula is C28H32N2O5. The molecule has 35 heavy (non-hydrogen) atoms. The van der Waals surface area contributed by atoms with E-state index in [1.807, 2.05) is 66.7 Å². The first-order valence-corrected chi connectivity index (χ1v) is 12.2. The zero-order valence-electron chi connectivity index (χ0n) is 19.8. The number of nitrogens with zero attached hydrogens (tertiary/aromatic N) is 1. The number of esters is 1. The summed E-state index contributed by atoms with van der Waals surface area (Å²) in [6, 6.07) is 16.5. The molecule has 2 amide bonds. The van der Waals surface area contributed by atoms with Gasteiger partial charge in [0.1, 0.15) is 6.61 Å². The molecule has 2 aliphatic rings. The van der Waals surface area contributed by atoms with Crippen LogP contribution in [0.15, 0.2) is 66.7 Å². The van der Waals surface area contributed by atoms with Crippen LogP contribution in [0.25, 0.3) is 0 Å². The number of rotatable bonds is 4. The van der Waals surface area contributed by atoms with Crippen molar-refractivity contribution in [3.8, 4) is 0 Å². The fraction of sp³-hybridized carbons (Fsp3) is 0.393. The Morgan fingerprint density at radius 3 is 2.54 bits per heavy atom. The summed E-state index contributed by atoms with van der Waals surface area (Å²) in [6.45, 7) is 0.333. The van der Waals surface area contributed by atoms with Crippen molar-refractivity contribution in [2.24, 2.45) is 5.92 Å². The molecule has 2 aromatic rings. The van der Waals surface area contributed by atoms with E-state index in [0.717, 1.165) is 16.7 Å². The van der Waals surface area contributed by atoms with Gasteiger partial charge in [0.05, 0.1) is 24.6 Å². The average molecular weight is 477 g/mol.